The van der Waals surface area contributed by atoms with Crippen molar-refractivity contribution in [1.82, 2.24) is 25.3 Å². The van der Waals surface area contributed by atoms with Crippen LogP contribution >= 0.6 is 24.0 Å². The Kier molecular flexibility index (Phi) is 12.1. The smallest absolute Gasteiger partial charge is 0.320 e. The van der Waals surface area contributed by atoms with Crippen molar-refractivity contribution < 1.29 is 9.59 Å². The van der Waals surface area contributed by atoms with E-state index in [0.29, 0.717) is 18.5 Å². The van der Waals surface area contributed by atoms with Gasteiger partial charge in [-0.1, -0.05) is 43.0 Å². The van der Waals surface area contributed by atoms with Gasteiger partial charge < -0.3 is 25.3 Å². The van der Waals surface area contributed by atoms with E-state index in [0.717, 1.165) is 81.7 Å². The van der Waals surface area contributed by atoms with Gasteiger partial charge in [-0.05, 0) is 95.9 Å². The van der Waals surface area contributed by atoms with Gasteiger partial charge in [-0.25, -0.2) is 4.79 Å². The molecule has 0 radical (unpaired) electrons. The minimum Gasteiger partial charge on any atom is -0.335 e. The van der Waals surface area contributed by atoms with Gasteiger partial charge in [-0.15, -0.1) is 12.4 Å². The first kappa shape index (κ1) is 32.4. The lowest BCUT2D eigenvalue weighted by Gasteiger charge is -2.48. The number of piperidine rings is 1. The Labute approximate surface area is 258 Å². The number of hydrogen-bond acceptors (Lipinski definition) is 4. The van der Waals surface area contributed by atoms with Crippen LogP contribution in [0.3, 0.4) is 0 Å². The molecular weight excluding hydrogens is 557 g/mol. The van der Waals surface area contributed by atoms with Crippen LogP contribution < -0.4 is 10.6 Å². The Morgan fingerprint density at radius 1 is 0.951 bits per heavy atom. The molecule has 2 bridgehead atoms. The molecular formula is C32H51Cl2N5O2. The molecule has 3 heterocycles. The second kappa shape index (κ2) is 15.3. The number of urea groups is 1. The highest BCUT2D eigenvalue weighted by Gasteiger charge is 2.48. The van der Waals surface area contributed by atoms with Crippen molar-refractivity contribution in [3.63, 3.8) is 0 Å². The molecule has 0 spiro atoms. The number of amides is 3. The minimum absolute atomic E-state index is 0. The number of nitrogens with one attached hydrogen (secondary N) is 2. The molecule has 1 aromatic rings. The van der Waals surface area contributed by atoms with Crippen LogP contribution in [0.1, 0.15) is 90.0 Å². The van der Waals surface area contributed by atoms with Crippen LogP contribution in [0.4, 0.5) is 4.79 Å². The minimum atomic E-state index is -0.255. The molecule has 1 aromatic carbocycles. The maximum Gasteiger partial charge on any atom is 0.320 e. The third kappa shape index (κ3) is 7.70. The standard InChI is InChI=1S/C32H50ClN5O2.ClH/c1-3-36(4-2)32(40)38(26-10-6-5-7-11-26)29-20-27-16-17-28(21-29)37(27)31(39)30(35-22-25-9-8-18-34-25)19-23-12-14-24(33)15-13-23;/h12-15,25-30,34-35H,3-11,16-22H2,1-2H3;1H/t25-,27?,28?,29?,30-;/m1./s1. The molecule has 4 atom stereocenters. The first-order valence-corrected chi connectivity index (χ1v) is 16.5. The molecule has 3 amide bonds. The zero-order chi connectivity index (χ0) is 28.1. The summed E-state index contributed by atoms with van der Waals surface area (Å²) in [4.78, 5) is 34.6. The third-order valence-corrected chi connectivity index (χ3v) is 10.3. The van der Waals surface area contributed by atoms with Crippen molar-refractivity contribution in [2.24, 2.45) is 0 Å². The number of carbonyl (C=O) groups excluding carboxylic acids is 2. The summed E-state index contributed by atoms with van der Waals surface area (Å²) < 4.78 is 0. The lowest BCUT2D eigenvalue weighted by atomic mass is 9.89. The Morgan fingerprint density at radius 3 is 2.20 bits per heavy atom. The molecule has 1 saturated carbocycles. The predicted molar refractivity (Wildman–Crippen MR) is 169 cm³/mol. The SMILES string of the molecule is CCN(CC)C(=O)N(C1CCCCC1)C1CC2CCC(C1)N2C(=O)[C@@H](Cc1ccc(Cl)cc1)NC[C@H]1CCCN1.Cl. The molecule has 4 fully saturated rings. The van der Waals surface area contributed by atoms with Crippen molar-refractivity contribution in [1.29, 1.82) is 0 Å². The highest BCUT2D eigenvalue weighted by atomic mass is 35.5. The summed E-state index contributed by atoms with van der Waals surface area (Å²) in [5, 5.41) is 7.95. The van der Waals surface area contributed by atoms with Crippen molar-refractivity contribution in [3.05, 3.63) is 34.9 Å². The normalized spacial score (nSPS) is 26.9. The van der Waals surface area contributed by atoms with Crippen molar-refractivity contribution in [3.8, 4) is 0 Å². The molecule has 230 valence electrons. The van der Waals surface area contributed by atoms with Gasteiger partial charge in [0.15, 0.2) is 0 Å². The van der Waals surface area contributed by atoms with Crippen molar-refractivity contribution in [2.45, 2.75) is 127 Å². The summed E-state index contributed by atoms with van der Waals surface area (Å²) in [6.45, 7) is 7.53. The average Bonchev–Trinajstić information content (AvgIpc) is 3.58. The number of fused-ring (bicyclic) bond motifs is 2. The zero-order valence-electron chi connectivity index (χ0n) is 25.0. The summed E-state index contributed by atoms with van der Waals surface area (Å²) >= 11 is 6.15. The predicted octanol–water partition coefficient (Wildman–Crippen LogP) is 5.63. The molecule has 4 aliphatic rings. The summed E-state index contributed by atoms with van der Waals surface area (Å²) in [6.07, 6.45) is 12.9. The molecule has 2 N–H and O–H groups in total. The molecule has 5 rings (SSSR count). The topological polar surface area (TPSA) is 67.9 Å². The van der Waals surface area contributed by atoms with Crippen molar-refractivity contribution >= 4 is 35.9 Å². The van der Waals surface area contributed by atoms with Gasteiger partial charge in [-0.2, -0.15) is 0 Å². The van der Waals surface area contributed by atoms with Crippen LogP contribution in [0.25, 0.3) is 0 Å². The summed E-state index contributed by atoms with van der Waals surface area (Å²) in [5.41, 5.74) is 1.13. The monoisotopic (exact) mass is 607 g/mol. The van der Waals surface area contributed by atoms with Gasteiger partial charge in [0, 0.05) is 54.9 Å². The molecule has 3 saturated heterocycles. The van der Waals surface area contributed by atoms with Gasteiger partial charge in [-0.3, -0.25) is 4.79 Å². The van der Waals surface area contributed by atoms with E-state index in [2.05, 4.69) is 34.3 Å². The fourth-order valence-corrected chi connectivity index (χ4v) is 7.99. The summed E-state index contributed by atoms with van der Waals surface area (Å²) in [5.74, 6) is 0.234. The van der Waals surface area contributed by atoms with Crippen LogP contribution in [0.5, 0.6) is 0 Å². The Bertz CT molecular complexity index is 965. The largest absolute Gasteiger partial charge is 0.335 e. The van der Waals surface area contributed by atoms with Crippen LogP contribution in [-0.2, 0) is 11.2 Å². The van der Waals surface area contributed by atoms with Crippen LogP contribution in [0.2, 0.25) is 5.02 Å². The second-order valence-electron chi connectivity index (χ2n) is 12.5. The van der Waals surface area contributed by atoms with Crippen LogP contribution in [-0.4, -0.2) is 89.1 Å². The van der Waals surface area contributed by atoms with Crippen LogP contribution in [0.15, 0.2) is 24.3 Å². The van der Waals surface area contributed by atoms with Gasteiger partial charge >= 0.3 is 6.03 Å². The zero-order valence-corrected chi connectivity index (χ0v) is 26.6. The lowest BCUT2D eigenvalue weighted by molar-refractivity contribution is -0.139. The molecule has 0 aromatic heterocycles. The van der Waals surface area contributed by atoms with Gasteiger partial charge in [0.1, 0.15) is 0 Å². The van der Waals surface area contributed by atoms with E-state index in [1.54, 1.807) is 0 Å². The van der Waals surface area contributed by atoms with Crippen molar-refractivity contribution in [2.75, 3.05) is 26.2 Å². The number of benzene rings is 1. The van der Waals surface area contributed by atoms with Gasteiger partial charge in [0.2, 0.25) is 5.91 Å². The fraction of sp³-hybridized carbons (Fsp3) is 0.750. The number of nitrogens with zero attached hydrogens (tertiary/aromatic N) is 3. The van der Waals surface area contributed by atoms with E-state index in [4.69, 9.17) is 11.6 Å². The third-order valence-electron chi connectivity index (χ3n) is 10.0. The number of halogens is 2. The van der Waals surface area contributed by atoms with E-state index in [9.17, 15) is 9.59 Å². The van der Waals surface area contributed by atoms with E-state index >= 15 is 0 Å². The summed E-state index contributed by atoms with van der Waals surface area (Å²) in [7, 11) is 0. The molecule has 2 unspecified atom stereocenters. The van der Waals surface area contributed by atoms with E-state index in [1.165, 1.54) is 25.7 Å². The molecule has 9 heteroatoms. The van der Waals surface area contributed by atoms with E-state index < -0.39 is 0 Å². The Hall–Kier alpha value is -1.54. The Morgan fingerprint density at radius 2 is 1.61 bits per heavy atom. The maximum absolute atomic E-state index is 14.3. The van der Waals surface area contributed by atoms with E-state index in [1.807, 2.05) is 29.2 Å². The first-order valence-electron chi connectivity index (χ1n) is 16.1. The first-order chi connectivity index (χ1) is 19.5. The van der Waals surface area contributed by atoms with Gasteiger partial charge in [0.05, 0.1) is 6.04 Å². The molecule has 7 nitrogen and oxygen atoms in total. The molecule has 3 aliphatic heterocycles. The average molecular weight is 609 g/mol. The molecule has 1 aliphatic carbocycles. The number of hydrogen-bond donors (Lipinski definition) is 2. The number of carbonyl (C=O) groups is 2. The van der Waals surface area contributed by atoms with Crippen LogP contribution in [0, 0.1) is 0 Å². The van der Waals surface area contributed by atoms with E-state index in [-0.39, 0.29) is 48.5 Å². The molecule has 41 heavy (non-hydrogen) atoms. The fourth-order valence-electron chi connectivity index (χ4n) is 7.86. The van der Waals surface area contributed by atoms with Gasteiger partial charge in [0.25, 0.3) is 0 Å². The summed E-state index contributed by atoms with van der Waals surface area (Å²) in [6, 6.07) is 9.30. The maximum atomic E-state index is 14.3. The lowest BCUT2D eigenvalue weighted by Crippen LogP contribution is -2.61. The quantitative estimate of drug-likeness (QED) is 0.361. The highest BCUT2D eigenvalue weighted by molar-refractivity contribution is 6.30. The Balaban J connectivity index is 0.00000387. The highest BCUT2D eigenvalue weighted by Crippen LogP contribution is 2.40. The number of rotatable bonds is 10. The second-order valence-corrected chi connectivity index (χ2v) is 12.9.